The number of amidine groups is 1. The van der Waals surface area contributed by atoms with E-state index in [0.29, 0.717) is 38.3 Å². The summed E-state index contributed by atoms with van der Waals surface area (Å²) in [6.45, 7) is 0.184. The first-order valence-corrected chi connectivity index (χ1v) is 8.31. The predicted octanol–water partition coefficient (Wildman–Crippen LogP) is 3.23. The lowest BCUT2D eigenvalue weighted by Crippen LogP contribution is -2.41. The van der Waals surface area contributed by atoms with Gasteiger partial charge in [-0.3, -0.25) is 4.79 Å². The fraction of sp³-hybridized carbons (Fsp3) is 0.125. The molecule has 1 heterocycles. The van der Waals surface area contributed by atoms with E-state index in [1.54, 1.807) is 29.3 Å². The zero-order valence-corrected chi connectivity index (χ0v) is 15.0. The molecule has 0 saturated heterocycles. The Morgan fingerprint density at radius 2 is 1.96 bits per heavy atom. The number of phenols is 1. The van der Waals surface area contributed by atoms with Crippen LogP contribution in [0.1, 0.15) is 11.1 Å². The summed E-state index contributed by atoms with van der Waals surface area (Å²) in [5, 5.41) is 12.7. The van der Waals surface area contributed by atoms with E-state index < -0.39 is 6.17 Å². The second-order valence-electron chi connectivity index (χ2n) is 5.40. The molecule has 0 fully saturated rings. The summed E-state index contributed by atoms with van der Waals surface area (Å²) in [5.74, 6) is 0.452. The van der Waals surface area contributed by atoms with Crippen LogP contribution in [0.5, 0.6) is 5.75 Å². The molecule has 130 valence electrons. The summed E-state index contributed by atoms with van der Waals surface area (Å²) in [6.07, 6.45) is -0.0757. The van der Waals surface area contributed by atoms with Gasteiger partial charge in [-0.15, -0.1) is 0 Å². The number of nitrogens with two attached hydrogens (primary N) is 1. The van der Waals surface area contributed by atoms with Gasteiger partial charge in [-0.2, -0.15) is 5.01 Å². The maximum Gasteiger partial charge on any atom is 0.177 e. The molecule has 0 spiro atoms. The monoisotopic (exact) mass is 398 g/mol. The molecule has 3 rings (SSSR count). The molecule has 25 heavy (non-hydrogen) atoms. The Kier molecular flexibility index (Phi) is 5.06. The summed E-state index contributed by atoms with van der Waals surface area (Å²) in [4.78, 5) is 15.7. The SMILES string of the molecule is Nc1cc(O)c(CN2NC(c3ccc(Cl)c(Cl)c3)=NC2C=O)cc1Cl. The number of benzene rings is 2. The number of nitrogens with zero attached hydrogens (tertiary/aromatic N) is 2. The second kappa shape index (κ2) is 7.09. The van der Waals surface area contributed by atoms with Crippen molar-refractivity contribution in [3.63, 3.8) is 0 Å². The Balaban J connectivity index is 1.84. The molecule has 0 aromatic heterocycles. The number of phenolic OH excluding ortho intramolecular Hbond substituents is 1. The highest BCUT2D eigenvalue weighted by atomic mass is 35.5. The van der Waals surface area contributed by atoms with E-state index in [2.05, 4.69) is 10.4 Å². The maximum absolute atomic E-state index is 11.4. The van der Waals surface area contributed by atoms with Crippen molar-refractivity contribution in [2.24, 2.45) is 4.99 Å². The highest BCUT2D eigenvalue weighted by Gasteiger charge is 2.27. The Morgan fingerprint density at radius 1 is 1.20 bits per heavy atom. The highest BCUT2D eigenvalue weighted by molar-refractivity contribution is 6.42. The lowest BCUT2D eigenvalue weighted by Gasteiger charge is -2.20. The molecule has 0 amide bonds. The number of carbonyl (C=O) groups is 1. The molecular weight excluding hydrogens is 387 g/mol. The summed E-state index contributed by atoms with van der Waals surface area (Å²) in [7, 11) is 0. The predicted molar refractivity (Wildman–Crippen MR) is 99.1 cm³/mol. The molecule has 9 heteroatoms. The van der Waals surface area contributed by atoms with Crippen LogP contribution in [0, 0.1) is 0 Å². The number of rotatable bonds is 4. The number of anilines is 1. The highest BCUT2D eigenvalue weighted by Crippen LogP contribution is 2.30. The van der Waals surface area contributed by atoms with Crippen molar-refractivity contribution in [2.45, 2.75) is 12.7 Å². The molecule has 1 aliphatic rings. The fourth-order valence-electron chi connectivity index (χ4n) is 2.38. The number of aldehydes is 1. The number of aliphatic imine (C=N–C) groups is 1. The van der Waals surface area contributed by atoms with Crippen molar-refractivity contribution < 1.29 is 9.90 Å². The van der Waals surface area contributed by atoms with Crippen molar-refractivity contribution in [3.8, 4) is 5.75 Å². The number of aromatic hydroxyl groups is 1. The number of nitrogen functional groups attached to an aromatic ring is 1. The van der Waals surface area contributed by atoms with Gasteiger partial charge < -0.3 is 16.3 Å². The molecule has 0 saturated carbocycles. The first kappa shape index (κ1) is 17.8. The third-order valence-corrected chi connectivity index (χ3v) is 4.75. The first-order chi connectivity index (χ1) is 11.9. The second-order valence-corrected chi connectivity index (χ2v) is 6.62. The number of halogens is 3. The minimum absolute atomic E-state index is 0.0173. The maximum atomic E-state index is 11.4. The Labute approximate surface area is 158 Å². The molecule has 0 aliphatic carbocycles. The van der Waals surface area contributed by atoms with E-state index in [1.807, 2.05) is 0 Å². The number of hydrogen-bond acceptors (Lipinski definition) is 6. The lowest BCUT2D eigenvalue weighted by molar-refractivity contribution is -0.112. The number of hydrogen-bond donors (Lipinski definition) is 3. The van der Waals surface area contributed by atoms with E-state index in [-0.39, 0.29) is 18.0 Å². The Morgan fingerprint density at radius 3 is 2.64 bits per heavy atom. The zero-order valence-electron chi connectivity index (χ0n) is 12.7. The van der Waals surface area contributed by atoms with Gasteiger partial charge in [-0.25, -0.2) is 4.99 Å². The molecule has 2 aromatic rings. The fourth-order valence-corrected chi connectivity index (χ4v) is 2.87. The third-order valence-electron chi connectivity index (χ3n) is 3.68. The Bertz CT molecular complexity index is 873. The number of nitrogens with one attached hydrogen (secondary N) is 1. The average Bonchev–Trinajstić information content (AvgIpc) is 2.98. The van der Waals surface area contributed by atoms with Gasteiger partial charge in [0.1, 0.15) is 11.6 Å². The summed E-state index contributed by atoms with van der Waals surface area (Å²) >= 11 is 17.9. The van der Waals surface area contributed by atoms with Crippen LogP contribution in [0.2, 0.25) is 15.1 Å². The minimum atomic E-state index is -0.764. The van der Waals surface area contributed by atoms with Crippen molar-refractivity contribution in [2.75, 3.05) is 5.73 Å². The number of carbonyl (C=O) groups excluding carboxylic acids is 1. The van der Waals surface area contributed by atoms with Gasteiger partial charge in [0.25, 0.3) is 0 Å². The first-order valence-electron chi connectivity index (χ1n) is 7.17. The topological polar surface area (TPSA) is 90.9 Å². The van der Waals surface area contributed by atoms with Crippen LogP contribution in [0.3, 0.4) is 0 Å². The molecule has 0 bridgehead atoms. The van der Waals surface area contributed by atoms with Crippen LogP contribution in [0.25, 0.3) is 0 Å². The van der Waals surface area contributed by atoms with E-state index in [0.717, 1.165) is 0 Å². The van der Waals surface area contributed by atoms with Crippen LogP contribution in [0.4, 0.5) is 5.69 Å². The van der Waals surface area contributed by atoms with Gasteiger partial charge in [-0.1, -0.05) is 34.8 Å². The van der Waals surface area contributed by atoms with E-state index >= 15 is 0 Å². The van der Waals surface area contributed by atoms with Crippen LogP contribution < -0.4 is 11.2 Å². The van der Waals surface area contributed by atoms with Gasteiger partial charge in [0.15, 0.2) is 12.5 Å². The van der Waals surface area contributed by atoms with Crippen molar-refractivity contribution >= 4 is 52.6 Å². The third kappa shape index (κ3) is 3.67. The Hall–Kier alpha value is -1.99. The van der Waals surface area contributed by atoms with E-state index in [4.69, 9.17) is 40.5 Å². The molecule has 1 unspecified atom stereocenters. The average molecular weight is 400 g/mol. The zero-order chi connectivity index (χ0) is 18.1. The lowest BCUT2D eigenvalue weighted by atomic mass is 10.1. The van der Waals surface area contributed by atoms with Gasteiger partial charge in [0.2, 0.25) is 0 Å². The molecule has 0 radical (unpaired) electrons. The molecule has 4 N–H and O–H groups in total. The van der Waals surface area contributed by atoms with Crippen LogP contribution >= 0.6 is 34.8 Å². The van der Waals surface area contributed by atoms with Crippen molar-refractivity contribution in [1.29, 1.82) is 0 Å². The minimum Gasteiger partial charge on any atom is -0.508 e. The largest absolute Gasteiger partial charge is 0.508 e. The van der Waals surface area contributed by atoms with Gasteiger partial charge in [-0.05, 0) is 24.3 Å². The normalized spacial score (nSPS) is 17.2. The molecule has 2 aromatic carbocycles. The van der Waals surface area contributed by atoms with Crippen molar-refractivity contribution in [3.05, 3.63) is 56.5 Å². The smallest absolute Gasteiger partial charge is 0.177 e. The summed E-state index contributed by atoms with van der Waals surface area (Å²) in [5.41, 5.74) is 10.1. The molecular formula is C16H13Cl3N4O2. The molecule has 1 atom stereocenters. The van der Waals surface area contributed by atoms with Crippen LogP contribution in [0.15, 0.2) is 35.3 Å². The quantitative estimate of drug-likeness (QED) is 0.542. The van der Waals surface area contributed by atoms with Crippen molar-refractivity contribution in [1.82, 2.24) is 10.4 Å². The van der Waals surface area contributed by atoms with Crippen LogP contribution in [-0.4, -0.2) is 28.4 Å². The van der Waals surface area contributed by atoms with Gasteiger partial charge in [0, 0.05) is 23.7 Å². The van der Waals surface area contributed by atoms with E-state index in [1.165, 1.54) is 6.07 Å². The van der Waals surface area contributed by atoms with Gasteiger partial charge in [0.05, 0.1) is 20.8 Å². The standard InChI is InChI=1S/C16H13Cl3N4O2/c17-10-2-1-8(3-11(10)18)16-21-15(7-24)23(22-16)6-9-4-12(19)13(20)5-14(9)25/h1-5,7,15,25H,6,20H2,(H,21,22). The van der Waals surface area contributed by atoms with Crippen LogP contribution in [-0.2, 0) is 11.3 Å². The number of hydrazine groups is 1. The van der Waals surface area contributed by atoms with Gasteiger partial charge >= 0.3 is 0 Å². The summed E-state index contributed by atoms with van der Waals surface area (Å²) < 4.78 is 0. The van der Waals surface area contributed by atoms with E-state index in [9.17, 15) is 9.90 Å². The summed E-state index contributed by atoms with van der Waals surface area (Å²) in [6, 6.07) is 7.95. The molecule has 1 aliphatic heterocycles. The molecule has 6 nitrogen and oxygen atoms in total.